The molecule has 5 heteroatoms. The number of nitrogen functional groups attached to an aromatic ring is 1. The first-order valence-corrected chi connectivity index (χ1v) is 2.75. The van der Waals surface area contributed by atoms with E-state index in [1.807, 2.05) is 0 Å². The van der Waals surface area contributed by atoms with Crippen LogP contribution >= 0.6 is 11.6 Å². The van der Waals surface area contributed by atoms with Crippen LogP contribution in [0, 0.1) is 0 Å². The summed E-state index contributed by atoms with van der Waals surface area (Å²) in [5, 5.41) is 3.01. The largest absolute Gasteiger partial charge is 0.396 e. The minimum absolute atomic E-state index is 0.0350. The van der Waals surface area contributed by atoms with Crippen LogP contribution in [0.25, 0.3) is 0 Å². The van der Waals surface area contributed by atoms with Crippen LogP contribution in [0.5, 0.6) is 0 Å². The molecule has 0 aliphatic rings. The Bertz CT molecular complexity index is 386. The molecule has 0 fully saturated rings. The lowest BCUT2D eigenvalue weighted by Gasteiger charge is -1.97. The fraction of sp³-hybridized carbons (Fsp3) is 0.200. The number of nitrogens with two attached hydrogens (primary N) is 1. The molecule has 1 aromatic rings. The lowest BCUT2D eigenvalue weighted by Crippen LogP contribution is -2.20. The summed E-state index contributed by atoms with van der Waals surface area (Å²) in [6.07, 6.45) is 1.02. The van der Waals surface area contributed by atoms with E-state index in [1.54, 1.807) is 0 Å². The van der Waals surface area contributed by atoms with E-state index in [2.05, 4.69) is 5.10 Å². The van der Waals surface area contributed by atoms with Crippen molar-refractivity contribution < 1.29 is 4.11 Å². The second kappa shape index (κ2) is 2.30. The van der Waals surface area contributed by atoms with E-state index < -0.39 is 12.5 Å². The Morgan fingerprint density at radius 2 is 2.70 bits per heavy atom. The van der Waals surface area contributed by atoms with E-state index in [0.717, 1.165) is 6.20 Å². The standard InChI is InChI=1S/C5H6ClN3O/c1-9-5(10)4(6)3(7)2-8-9/h2H,7H2,1H3/i1D3. The monoisotopic (exact) mass is 162 g/mol. The van der Waals surface area contributed by atoms with Crippen molar-refractivity contribution in [2.24, 2.45) is 6.98 Å². The van der Waals surface area contributed by atoms with Crippen molar-refractivity contribution in [2.45, 2.75) is 0 Å². The van der Waals surface area contributed by atoms with E-state index in [4.69, 9.17) is 21.4 Å². The van der Waals surface area contributed by atoms with Gasteiger partial charge in [0.2, 0.25) is 0 Å². The van der Waals surface area contributed by atoms with Crippen LogP contribution < -0.4 is 11.3 Å². The van der Waals surface area contributed by atoms with E-state index in [-0.39, 0.29) is 10.7 Å². The minimum Gasteiger partial charge on any atom is -0.396 e. The Labute approximate surface area is 66.4 Å². The predicted octanol–water partition coefficient (Wildman–Crippen LogP) is 0.0159. The van der Waals surface area contributed by atoms with E-state index >= 15 is 0 Å². The molecule has 0 aromatic carbocycles. The van der Waals surface area contributed by atoms with Crippen LogP contribution in [0.15, 0.2) is 11.0 Å². The van der Waals surface area contributed by atoms with Gasteiger partial charge in [0.1, 0.15) is 5.02 Å². The van der Waals surface area contributed by atoms with Gasteiger partial charge < -0.3 is 5.73 Å². The van der Waals surface area contributed by atoms with Gasteiger partial charge in [-0.3, -0.25) is 4.79 Å². The topological polar surface area (TPSA) is 60.9 Å². The van der Waals surface area contributed by atoms with Gasteiger partial charge in [-0.15, -0.1) is 0 Å². The molecule has 54 valence electrons. The molecule has 0 unspecified atom stereocenters. The van der Waals surface area contributed by atoms with Gasteiger partial charge >= 0.3 is 0 Å². The fourth-order valence-corrected chi connectivity index (χ4v) is 0.574. The molecule has 0 amide bonds. The molecule has 1 aromatic heterocycles. The Morgan fingerprint density at radius 3 is 3.30 bits per heavy atom. The molecule has 0 radical (unpaired) electrons. The van der Waals surface area contributed by atoms with Crippen LogP contribution in [-0.2, 0) is 6.98 Å². The van der Waals surface area contributed by atoms with Crippen molar-refractivity contribution in [1.82, 2.24) is 9.78 Å². The number of hydrogen-bond acceptors (Lipinski definition) is 3. The SMILES string of the molecule is [2H]C([2H])([2H])n1ncc(N)c(Cl)c1=O. The molecule has 0 saturated carbocycles. The minimum atomic E-state index is -2.63. The van der Waals surface area contributed by atoms with Gasteiger partial charge in [-0.2, -0.15) is 5.10 Å². The van der Waals surface area contributed by atoms with Crippen molar-refractivity contribution in [1.29, 1.82) is 0 Å². The Morgan fingerprint density at radius 1 is 2.00 bits per heavy atom. The van der Waals surface area contributed by atoms with Crippen molar-refractivity contribution in [3.63, 3.8) is 0 Å². The third kappa shape index (κ3) is 0.974. The lowest BCUT2D eigenvalue weighted by molar-refractivity contribution is 0.709. The highest BCUT2D eigenvalue weighted by Crippen LogP contribution is 2.08. The highest BCUT2D eigenvalue weighted by atomic mass is 35.5. The van der Waals surface area contributed by atoms with E-state index in [9.17, 15) is 4.79 Å². The van der Waals surface area contributed by atoms with Crippen molar-refractivity contribution in [3.05, 3.63) is 21.6 Å². The van der Waals surface area contributed by atoms with Gasteiger partial charge in [0.25, 0.3) is 5.56 Å². The predicted molar refractivity (Wildman–Crippen MR) is 38.9 cm³/mol. The summed E-state index contributed by atoms with van der Waals surface area (Å²) in [6.45, 7) is -2.63. The van der Waals surface area contributed by atoms with Crippen molar-refractivity contribution in [2.75, 3.05) is 5.73 Å². The molecule has 0 aliphatic carbocycles. The van der Waals surface area contributed by atoms with Crippen molar-refractivity contribution >= 4 is 17.3 Å². The van der Waals surface area contributed by atoms with Crippen LogP contribution in [0.4, 0.5) is 5.69 Å². The maximum Gasteiger partial charge on any atom is 0.287 e. The third-order valence-electron chi connectivity index (χ3n) is 0.946. The first-order chi connectivity index (χ1) is 5.84. The molecule has 4 nitrogen and oxygen atoms in total. The summed E-state index contributed by atoms with van der Waals surface area (Å²) in [5.74, 6) is 0. The van der Waals surface area contributed by atoms with Gasteiger partial charge in [-0.25, -0.2) is 4.68 Å². The summed E-state index contributed by atoms with van der Waals surface area (Å²) >= 11 is 5.44. The van der Waals surface area contributed by atoms with Crippen molar-refractivity contribution in [3.8, 4) is 0 Å². The molecule has 2 N–H and O–H groups in total. The van der Waals surface area contributed by atoms with Crippen LogP contribution in [0.3, 0.4) is 0 Å². The number of hydrogen-bond donors (Lipinski definition) is 1. The lowest BCUT2D eigenvalue weighted by atomic mass is 10.5. The Kier molecular flexibility index (Phi) is 0.915. The molecule has 0 aliphatic heterocycles. The Hall–Kier alpha value is -1.03. The van der Waals surface area contributed by atoms with Gasteiger partial charge in [-0.05, 0) is 0 Å². The highest BCUT2D eigenvalue weighted by Gasteiger charge is 2.01. The smallest absolute Gasteiger partial charge is 0.287 e. The first-order valence-electron chi connectivity index (χ1n) is 3.88. The maximum atomic E-state index is 11.2. The zero-order valence-corrected chi connectivity index (χ0v) is 5.59. The molecule has 0 atom stereocenters. The van der Waals surface area contributed by atoms with Gasteiger partial charge in [0.15, 0.2) is 0 Å². The quantitative estimate of drug-likeness (QED) is 0.585. The summed E-state index contributed by atoms with van der Waals surface area (Å²) in [5.41, 5.74) is 4.29. The molecular formula is C5H6ClN3O. The van der Waals surface area contributed by atoms with E-state index in [1.165, 1.54) is 0 Å². The van der Waals surface area contributed by atoms with E-state index in [0.29, 0.717) is 4.68 Å². The second-order valence-corrected chi connectivity index (χ2v) is 2.01. The Balaban J connectivity index is 3.44. The molecule has 0 spiro atoms. The highest BCUT2D eigenvalue weighted by molar-refractivity contribution is 6.32. The van der Waals surface area contributed by atoms with Crippen LogP contribution in [0.2, 0.25) is 5.02 Å². The third-order valence-corrected chi connectivity index (χ3v) is 1.33. The van der Waals surface area contributed by atoms with Crippen LogP contribution in [0.1, 0.15) is 4.11 Å². The number of nitrogens with zero attached hydrogens (tertiary/aromatic N) is 2. The van der Waals surface area contributed by atoms with Gasteiger partial charge in [0, 0.05) is 11.1 Å². The summed E-state index contributed by atoms with van der Waals surface area (Å²) < 4.78 is 21.1. The van der Waals surface area contributed by atoms with Crippen LogP contribution in [-0.4, -0.2) is 9.78 Å². The summed E-state index contributed by atoms with van der Waals surface area (Å²) in [6, 6.07) is 0. The zero-order valence-electron chi connectivity index (χ0n) is 7.84. The molecular weight excluding hydrogens is 154 g/mol. The summed E-state index contributed by atoms with van der Waals surface area (Å²) in [4.78, 5) is 11.2. The number of rotatable bonds is 0. The van der Waals surface area contributed by atoms with Gasteiger partial charge in [0.05, 0.1) is 11.9 Å². The molecule has 10 heavy (non-hydrogen) atoms. The number of halogens is 1. The molecule has 1 heterocycles. The molecule has 0 saturated heterocycles. The zero-order chi connectivity index (χ0) is 10.2. The number of aromatic nitrogens is 2. The number of anilines is 1. The molecule has 0 bridgehead atoms. The van der Waals surface area contributed by atoms with Gasteiger partial charge in [-0.1, -0.05) is 11.6 Å². The summed E-state index contributed by atoms with van der Waals surface area (Å²) in [7, 11) is 0. The average molecular weight is 163 g/mol. The fourth-order valence-electron chi connectivity index (χ4n) is 0.445. The second-order valence-electron chi connectivity index (χ2n) is 1.63. The normalized spacial score (nSPS) is 15.5. The number of aryl methyl sites for hydroxylation is 1. The molecule has 1 rings (SSSR count). The average Bonchev–Trinajstić information content (AvgIpc) is 1.98. The maximum absolute atomic E-state index is 11.2. The first kappa shape index (κ1) is 3.98.